The van der Waals surface area contributed by atoms with Crippen LogP contribution in [0.15, 0.2) is 55.1 Å². The first-order valence-corrected chi connectivity index (χ1v) is 7.05. The highest BCUT2D eigenvalue weighted by molar-refractivity contribution is 5.62. The lowest BCUT2D eigenvalue weighted by atomic mass is 10.0. The smallest absolute Gasteiger partial charge is 0.125 e. The Morgan fingerprint density at radius 3 is 2.81 bits per heavy atom. The zero-order valence-corrected chi connectivity index (χ0v) is 11.5. The fourth-order valence-corrected chi connectivity index (χ4v) is 2.77. The third-order valence-electron chi connectivity index (χ3n) is 3.80. The van der Waals surface area contributed by atoms with Crippen LogP contribution < -0.4 is 5.32 Å². The van der Waals surface area contributed by atoms with Crippen molar-refractivity contribution in [3.8, 4) is 11.3 Å². The molecule has 0 aromatic carbocycles. The molecule has 1 aliphatic heterocycles. The Kier molecular flexibility index (Phi) is 2.88. The number of aromatic nitrogens is 4. The molecule has 1 atom stereocenters. The standard InChI is InChI=1S/C16H15N5/c1-2-13(11-18-6-1)14-10-16-19-9-5-15(21(16)20-14)12-3-7-17-8-4-12/h1-4,6-8,10-11,15,19H,5,9H2. The van der Waals surface area contributed by atoms with Gasteiger partial charge >= 0.3 is 0 Å². The van der Waals surface area contributed by atoms with Crippen molar-refractivity contribution < 1.29 is 0 Å². The van der Waals surface area contributed by atoms with Crippen LogP contribution in [0.3, 0.4) is 0 Å². The van der Waals surface area contributed by atoms with Gasteiger partial charge in [-0.25, -0.2) is 4.68 Å². The van der Waals surface area contributed by atoms with Crippen LogP contribution >= 0.6 is 0 Å². The van der Waals surface area contributed by atoms with Crippen LogP contribution in [0.1, 0.15) is 18.0 Å². The van der Waals surface area contributed by atoms with Crippen LogP contribution in [0.5, 0.6) is 0 Å². The quantitative estimate of drug-likeness (QED) is 0.782. The maximum atomic E-state index is 4.77. The van der Waals surface area contributed by atoms with Crippen LogP contribution in [-0.4, -0.2) is 26.3 Å². The summed E-state index contributed by atoms with van der Waals surface area (Å²) < 4.78 is 2.07. The van der Waals surface area contributed by atoms with Crippen LogP contribution in [0.25, 0.3) is 11.3 Å². The van der Waals surface area contributed by atoms with E-state index in [9.17, 15) is 0 Å². The molecule has 0 amide bonds. The van der Waals surface area contributed by atoms with Gasteiger partial charge in [-0.05, 0) is 36.2 Å². The summed E-state index contributed by atoms with van der Waals surface area (Å²) in [6.45, 7) is 0.950. The molecule has 21 heavy (non-hydrogen) atoms. The predicted molar refractivity (Wildman–Crippen MR) is 80.9 cm³/mol. The van der Waals surface area contributed by atoms with Crippen molar-refractivity contribution in [3.63, 3.8) is 0 Å². The molecule has 0 radical (unpaired) electrons. The molecule has 0 spiro atoms. The van der Waals surface area contributed by atoms with Crippen molar-refractivity contribution in [2.45, 2.75) is 12.5 Å². The predicted octanol–water partition coefficient (Wildman–Crippen LogP) is 2.75. The second-order valence-electron chi connectivity index (χ2n) is 5.11. The fraction of sp³-hybridized carbons (Fsp3) is 0.188. The van der Waals surface area contributed by atoms with E-state index in [1.54, 1.807) is 6.20 Å². The van der Waals surface area contributed by atoms with Crippen molar-refractivity contribution in [2.24, 2.45) is 0 Å². The molecule has 5 heteroatoms. The summed E-state index contributed by atoms with van der Waals surface area (Å²) in [6, 6.07) is 10.4. The van der Waals surface area contributed by atoms with Gasteiger partial charge in [-0.1, -0.05) is 0 Å². The van der Waals surface area contributed by atoms with E-state index in [0.29, 0.717) is 0 Å². The average Bonchev–Trinajstić information content (AvgIpc) is 3.00. The van der Waals surface area contributed by atoms with Gasteiger partial charge in [0, 0.05) is 43.0 Å². The van der Waals surface area contributed by atoms with Gasteiger partial charge in [0.1, 0.15) is 5.82 Å². The third-order valence-corrected chi connectivity index (χ3v) is 3.80. The molecule has 3 aromatic heterocycles. The Balaban J connectivity index is 1.77. The third kappa shape index (κ3) is 2.16. The number of pyridine rings is 2. The van der Waals surface area contributed by atoms with Gasteiger partial charge < -0.3 is 5.32 Å². The molecule has 3 aromatic rings. The Morgan fingerprint density at radius 2 is 2.00 bits per heavy atom. The molecule has 0 saturated heterocycles. The SMILES string of the molecule is c1cncc(-c2cc3n(n2)C(c2ccncc2)CCN3)c1. The fourth-order valence-electron chi connectivity index (χ4n) is 2.77. The number of anilines is 1. The lowest BCUT2D eigenvalue weighted by molar-refractivity contribution is 0.482. The Hall–Kier alpha value is -2.69. The lowest BCUT2D eigenvalue weighted by Gasteiger charge is -2.25. The second-order valence-corrected chi connectivity index (χ2v) is 5.11. The molecule has 0 saturated carbocycles. The topological polar surface area (TPSA) is 55.6 Å². The first kappa shape index (κ1) is 12.1. The number of rotatable bonds is 2. The highest BCUT2D eigenvalue weighted by atomic mass is 15.4. The summed E-state index contributed by atoms with van der Waals surface area (Å²) in [5.41, 5.74) is 3.23. The summed E-state index contributed by atoms with van der Waals surface area (Å²) in [5.74, 6) is 1.06. The van der Waals surface area contributed by atoms with Gasteiger partial charge in [0.2, 0.25) is 0 Å². The van der Waals surface area contributed by atoms with E-state index in [0.717, 1.165) is 30.0 Å². The summed E-state index contributed by atoms with van der Waals surface area (Å²) in [5, 5.41) is 8.19. The van der Waals surface area contributed by atoms with Gasteiger partial charge in [0.15, 0.2) is 0 Å². The van der Waals surface area contributed by atoms with Crippen LogP contribution in [0, 0.1) is 0 Å². The number of nitrogens with zero attached hydrogens (tertiary/aromatic N) is 4. The van der Waals surface area contributed by atoms with Gasteiger partial charge in [-0.2, -0.15) is 5.10 Å². The van der Waals surface area contributed by atoms with E-state index in [4.69, 9.17) is 5.10 Å². The van der Waals surface area contributed by atoms with Crippen LogP contribution in [0.2, 0.25) is 0 Å². The summed E-state index contributed by atoms with van der Waals surface area (Å²) >= 11 is 0. The molecule has 1 N–H and O–H groups in total. The number of hydrogen-bond acceptors (Lipinski definition) is 4. The molecular weight excluding hydrogens is 262 g/mol. The molecule has 0 bridgehead atoms. The van der Waals surface area contributed by atoms with Gasteiger partial charge in [-0.15, -0.1) is 0 Å². The first-order chi connectivity index (χ1) is 10.4. The molecule has 0 fully saturated rings. The van der Waals surface area contributed by atoms with Gasteiger partial charge in [0.25, 0.3) is 0 Å². The van der Waals surface area contributed by atoms with Gasteiger partial charge in [-0.3, -0.25) is 9.97 Å². The largest absolute Gasteiger partial charge is 0.370 e. The number of fused-ring (bicyclic) bond motifs is 1. The van der Waals surface area contributed by atoms with Gasteiger partial charge in [0.05, 0.1) is 11.7 Å². The minimum atomic E-state index is 0.259. The molecule has 4 rings (SSSR count). The summed E-state index contributed by atoms with van der Waals surface area (Å²) in [4.78, 5) is 8.26. The Morgan fingerprint density at radius 1 is 1.10 bits per heavy atom. The normalized spacial score (nSPS) is 17.0. The molecule has 104 valence electrons. The lowest BCUT2D eigenvalue weighted by Crippen LogP contribution is -2.24. The van der Waals surface area contributed by atoms with Crippen molar-refractivity contribution >= 4 is 5.82 Å². The maximum Gasteiger partial charge on any atom is 0.125 e. The zero-order valence-electron chi connectivity index (χ0n) is 11.5. The summed E-state index contributed by atoms with van der Waals surface area (Å²) in [7, 11) is 0. The van der Waals surface area contributed by atoms with Crippen LogP contribution in [-0.2, 0) is 0 Å². The number of nitrogens with one attached hydrogen (secondary N) is 1. The molecule has 0 aliphatic carbocycles. The highest BCUT2D eigenvalue weighted by Gasteiger charge is 2.23. The minimum absolute atomic E-state index is 0.259. The number of hydrogen-bond donors (Lipinski definition) is 1. The van der Waals surface area contributed by atoms with Crippen molar-refractivity contribution in [3.05, 3.63) is 60.7 Å². The Bertz CT molecular complexity index is 736. The molecule has 5 nitrogen and oxygen atoms in total. The van der Waals surface area contributed by atoms with E-state index < -0.39 is 0 Å². The second kappa shape index (κ2) is 5.01. The molecular formula is C16H15N5. The average molecular weight is 277 g/mol. The first-order valence-electron chi connectivity index (χ1n) is 7.05. The molecule has 1 aliphatic rings. The highest BCUT2D eigenvalue weighted by Crippen LogP contribution is 2.32. The van der Waals surface area contributed by atoms with E-state index in [2.05, 4.69) is 38.2 Å². The van der Waals surface area contributed by atoms with E-state index >= 15 is 0 Å². The van der Waals surface area contributed by atoms with Crippen molar-refractivity contribution in [1.82, 2.24) is 19.7 Å². The van der Waals surface area contributed by atoms with Crippen LogP contribution in [0.4, 0.5) is 5.82 Å². The minimum Gasteiger partial charge on any atom is -0.370 e. The van der Waals surface area contributed by atoms with E-state index in [-0.39, 0.29) is 6.04 Å². The van der Waals surface area contributed by atoms with E-state index in [1.807, 2.05) is 30.7 Å². The monoisotopic (exact) mass is 277 g/mol. The molecule has 4 heterocycles. The zero-order chi connectivity index (χ0) is 14.1. The molecule has 1 unspecified atom stereocenters. The maximum absolute atomic E-state index is 4.77. The summed E-state index contributed by atoms with van der Waals surface area (Å²) in [6.07, 6.45) is 8.31. The van der Waals surface area contributed by atoms with E-state index in [1.165, 1.54) is 5.56 Å². The van der Waals surface area contributed by atoms with Crippen molar-refractivity contribution in [2.75, 3.05) is 11.9 Å². The van der Waals surface area contributed by atoms with Crippen molar-refractivity contribution in [1.29, 1.82) is 0 Å². The Labute approximate surface area is 122 Å².